The SMILES string of the molecule is CCOC(=O)c1ccc(OCC(O)CSc2ncccn2)cc1. The van der Waals surface area contributed by atoms with Gasteiger partial charge >= 0.3 is 5.97 Å². The predicted octanol–water partition coefficient (Wildman–Crippen LogP) is 2.19. The first-order valence-electron chi connectivity index (χ1n) is 7.17. The molecule has 1 unspecified atom stereocenters. The van der Waals surface area contributed by atoms with E-state index in [2.05, 4.69) is 9.97 Å². The lowest BCUT2D eigenvalue weighted by Gasteiger charge is -2.12. The van der Waals surface area contributed by atoms with E-state index in [1.54, 1.807) is 49.6 Å². The van der Waals surface area contributed by atoms with Crippen molar-refractivity contribution in [2.45, 2.75) is 18.2 Å². The van der Waals surface area contributed by atoms with Gasteiger partial charge in [-0.05, 0) is 37.3 Å². The van der Waals surface area contributed by atoms with Crippen molar-refractivity contribution in [2.24, 2.45) is 0 Å². The lowest BCUT2D eigenvalue weighted by atomic mass is 10.2. The van der Waals surface area contributed by atoms with Crippen molar-refractivity contribution in [2.75, 3.05) is 19.0 Å². The van der Waals surface area contributed by atoms with Crippen LogP contribution in [0.15, 0.2) is 47.9 Å². The Morgan fingerprint density at radius 2 is 1.96 bits per heavy atom. The lowest BCUT2D eigenvalue weighted by Crippen LogP contribution is -2.20. The van der Waals surface area contributed by atoms with Crippen LogP contribution in [0.5, 0.6) is 5.75 Å². The molecule has 0 aliphatic rings. The molecule has 1 atom stereocenters. The van der Waals surface area contributed by atoms with Crippen molar-refractivity contribution >= 4 is 17.7 Å². The van der Waals surface area contributed by atoms with Gasteiger partial charge in [0.1, 0.15) is 12.4 Å². The Morgan fingerprint density at radius 3 is 2.61 bits per heavy atom. The molecule has 1 heterocycles. The Labute approximate surface area is 138 Å². The molecule has 122 valence electrons. The minimum Gasteiger partial charge on any atom is -0.491 e. The number of benzene rings is 1. The summed E-state index contributed by atoms with van der Waals surface area (Å²) in [7, 11) is 0. The Morgan fingerprint density at radius 1 is 1.26 bits per heavy atom. The van der Waals surface area contributed by atoms with Crippen LogP contribution < -0.4 is 4.74 Å². The molecule has 0 bridgehead atoms. The van der Waals surface area contributed by atoms with Gasteiger partial charge in [0.15, 0.2) is 5.16 Å². The summed E-state index contributed by atoms with van der Waals surface area (Å²) in [6, 6.07) is 8.35. The molecule has 0 aliphatic carbocycles. The number of carbonyl (C=O) groups is 1. The van der Waals surface area contributed by atoms with E-state index < -0.39 is 6.10 Å². The summed E-state index contributed by atoms with van der Waals surface area (Å²) in [5.41, 5.74) is 0.469. The maximum atomic E-state index is 11.5. The van der Waals surface area contributed by atoms with Gasteiger partial charge in [-0.25, -0.2) is 14.8 Å². The number of thioether (sulfide) groups is 1. The molecular weight excluding hydrogens is 316 g/mol. The van der Waals surface area contributed by atoms with E-state index >= 15 is 0 Å². The number of carbonyl (C=O) groups excluding carboxylic acids is 1. The molecule has 0 saturated heterocycles. The second kappa shape index (κ2) is 9.12. The fourth-order valence-corrected chi connectivity index (χ4v) is 2.38. The van der Waals surface area contributed by atoms with E-state index in [4.69, 9.17) is 9.47 Å². The number of ether oxygens (including phenoxy) is 2. The van der Waals surface area contributed by atoms with Crippen LogP contribution in [-0.2, 0) is 4.74 Å². The van der Waals surface area contributed by atoms with Crippen LogP contribution >= 0.6 is 11.8 Å². The topological polar surface area (TPSA) is 81.5 Å². The normalized spacial score (nSPS) is 11.7. The number of hydrogen-bond acceptors (Lipinski definition) is 7. The smallest absolute Gasteiger partial charge is 0.338 e. The van der Waals surface area contributed by atoms with E-state index in [9.17, 15) is 9.90 Å². The molecule has 23 heavy (non-hydrogen) atoms. The summed E-state index contributed by atoms with van der Waals surface area (Å²) in [4.78, 5) is 19.7. The first kappa shape index (κ1) is 17.2. The number of rotatable bonds is 8. The molecule has 1 aromatic heterocycles. The van der Waals surface area contributed by atoms with Crippen molar-refractivity contribution in [3.8, 4) is 5.75 Å². The largest absolute Gasteiger partial charge is 0.491 e. The second-order valence-electron chi connectivity index (χ2n) is 4.55. The minimum absolute atomic E-state index is 0.151. The molecule has 1 N–H and O–H groups in total. The van der Waals surface area contributed by atoms with E-state index in [-0.39, 0.29) is 12.6 Å². The quantitative estimate of drug-likeness (QED) is 0.450. The predicted molar refractivity (Wildman–Crippen MR) is 86.7 cm³/mol. The summed E-state index contributed by atoms with van der Waals surface area (Å²) >= 11 is 1.36. The molecule has 0 spiro atoms. The van der Waals surface area contributed by atoms with Gasteiger partial charge in [0.2, 0.25) is 0 Å². The van der Waals surface area contributed by atoms with Crippen molar-refractivity contribution in [1.29, 1.82) is 0 Å². The third-order valence-corrected chi connectivity index (χ3v) is 3.78. The number of nitrogens with zero attached hydrogens (tertiary/aromatic N) is 2. The minimum atomic E-state index is -0.645. The van der Waals surface area contributed by atoms with Gasteiger partial charge in [0.25, 0.3) is 0 Å². The van der Waals surface area contributed by atoms with Crippen LogP contribution in [0.25, 0.3) is 0 Å². The summed E-state index contributed by atoms with van der Waals surface area (Å²) in [5, 5.41) is 10.5. The molecule has 0 radical (unpaired) electrons. The summed E-state index contributed by atoms with van der Waals surface area (Å²) in [6.45, 7) is 2.25. The molecule has 0 saturated carbocycles. The Kier molecular flexibility index (Phi) is 6.83. The van der Waals surface area contributed by atoms with Crippen LogP contribution in [0.2, 0.25) is 0 Å². The number of aliphatic hydroxyl groups is 1. The van der Waals surface area contributed by atoms with Crippen LogP contribution in [0.3, 0.4) is 0 Å². The van der Waals surface area contributed by atoms with Gasteiger partial charge in [0.05, 0.1) is 18.3 Å². The number of aromatic nitrogens is 2. The molecule has 1 aromatic carbocycles. The highest BCUT2D eigenvalue weighted by Crippen LogP contribution is 2.15. The fraction of sp³-hybridized carbons (Fsp3) is 0.312. The second-order valence-corrected chi connectivity index (χ2v) is 5.54. The van der Waals surface area contributed by atoms with Crippen LogP contribution in [0, 0.1) is 0 Å². The van der Waals surface area contributed by atoms with E-state index in [0.29, 0.717) is 28.8 Å². The van der Waals surface area contributed by atoms with Gasteiger partial charge in [0, 0.05) is 18.1 Å². The monoisotopic (exact) mass is 334 g/mol. The number of esters is 1. The van der Waals surface area contributed by atoms with E-state index in [1.165, 1.54) is 11.8 Å². The molecule has 0 fully saturated rings. The molecule has 0 aliphatic heterocycles. The summed E-state index contributed by atoms with van der Waals surface area (Å²) in [6.07, 6.45) is 2.67. The van der Waals surface area contributed by atoms with Crippen LogP contribution in [-0.4, -0.2) is 46.1 Å². The third-order valence-electron chi connectivity index (χ3n) is 2.75. The van der Waals surface area contributed by atoms with Crippen molar-refractivity contribution in [3.63, 3.8) is 0 Å². The molecule has 2 aromatic rings. The third kappa shape index (κ3) is 5.88. The average molecular weight is 334 g/mol. The summed E-state index contributed by atoms with van der Waals surface area (Å²) < 4.78 is 10.4. The van der Waals surface area contributed by atoms with E-state index in [0.717, 1.165) is 0 Å². The molecule has 6 nitrogen and oxygen atoms in total. The standard InChI is InChI=1S/C16H18N2O4S/c1-2-21-15(20)12-4-6-14(7-5-12)22-10-13(19)11-23-16-17-8-3-9-18-16/h3-9,13,19H,2,10-11H2,1H3. The zero-order valence-corrected chi connectivity index (χ0v) is 13.5. The van der Waals surface area contributed by atoms with Gasteiger partial charge in [-0.1, -0.05) is 11.8 Å². The first-order valence-corrected chi connectivity index (χ1v) is 8.15. The van der Waals surface area contributed by atoms with Crippen LogP contribution in [0.4, 0.5) is 0 Å². The van der Waals surface area contributed by atoms with E-state index in [1.807, 2.05) is 0 Å². The van der Waals surface area contributed by atoms with Gasteiger partial charge < -0.3 is 14.6 Å². The highest BCUT2D eigenvalue weighted by Gasteiger charge is 2.09. The average Bonchev–Trinajstić information content (AvgIpc) is 2.59. The fourth-order valence-electron chi connectivity index (χ4n) is 1.67. The highest BCUT2D eigenvalue weighted by atomic mass is 32.2. The van der Waals surface area contributed by atoms with Crippen molar-refractivity contribution < 1.29 is 19.4 Å². The lowest BCUT2D eigenvalue weighted by molar-refractivity contribution is 0.0526. The van der Waals surface area contributed by atoms with Gasteiger partial charge in [-0.2, -0.15) is 0 Å². The zero-order valence-electron chi connectivity index (χ0n) is 12.7. The number of aliphatic hydroxyl groups excluding tert-OH is 1. The summed E-state index contributed by atoms with van der Waals surface area (Å²) in [5.74, 6) is 0.654. The van der Waals surface area contributed by atoms with Gasteiger partial charge in [-0.15, -0.1) is 0 Å². The Balaban J connectivity index is 1.75. The maximum Gasteiger partial charge on any atom is 0.338 e. The van der Waals surface area contributed by atoms with Crippen LogP contribution in [0.1, 0.15) is 17.3 Å². The van der Waals surface area contributed by atoms with Gasteiger partial charge in [-0.3, -0.25) is 0 Å². The first-order chi connectivity index (χ1) is 11.2. The maximum absolute atomic E-state index is 11.5. The molecule has 7 heteroatoms. The molecule has 0 amide bonds. The highest BCUT2D eigenvalue weighted by molar-refractivity contribution is 7.99. The van der Waals surface area contributed by atoms with Crippen molar-refractivity contribution in [1.82, 2.24) is 9.97 Å². The molecule has 2 rings (SSSR count). The molecular formula is C16H18N2O4S. The van der Waals surface area contributed by atoms with Crippen molar-refractivity contribution in [3.05, 3.63) is 48.3 Å². The Bertz CT molecular complexity index is 607. The Hall–Kier alpha value is -2.12. The number of hydrogen-bond donors (Lipinski definition) is 1. The zero-order chi connectivity index (χ0) is 16.5.